The zero-order valence-electron chi connectivity index (χ0n) is 24.5. The number of esters is 2. The van der Waals surface area contributed by atoms with Crippen LogP contribution in [0.15, 0.2) is 47.5 Å². The summed E-state index contributed by atoms with van der Waals surface area (Å²) in [5.41, 5.74) is 1.44. The van der Waals surface area contributed by atoms with Gasteiger partial charge < -0.3 is 18.9 Å². The van der Waals surface area contributed by atoms with E-state index in [-0.39, 0.29) is 44.6 Å². The summed E-state index contributed by atoms with van der Waals surface area (Å²) in [6.07, 6.45) is 2.79. The van der Waals surface area contributed by atoms with E-state index in [1.165, 1.54) is 52.4 Å². The molecule has 0 spiro atoms. The number of benzene rings is 2. The van der Waals surface area contributed by atoms with Gasteiger partial charge in [-0.1, -0.05) is 7.43 Å². The Bertz CT molecular complexity index is 1510. The van der Waals surface area contributed by atoms with Crippen LogP contribution in [0.1, 0.15) is 56.4 Å². The number of nitriles is 4. The van der Waals surface area contributed by atoms with Crippen molar-refractivity contribution < 1.29 is 38.1 Å². The summed E-state index contributed by atoms with van der Waals surface area (Å²) < 4.78 is 20.0. The molecular formula is C33H32N4O8. The molecule has 2 aromatic carbocycles. The van der Waals surface area contributed by atoms with E-state index in [0.717, 1.165) is 0 Å². The fourth-order valence-electron chi connectivity index (χ4n) is 3.25. The van der Waals surface area contributed by atoms with E-state index in [1.807, 2.05) is 24.3 Å². The second kappa shape index (κ2) is 20.6. The molecule has 0 aliphatic heterocycles. The number of hydrogen-bond donors (Lipinski definition) is 0. The summed E-state index contributed by atoms with van der Waals surface area (Å²) in [5, 5.41) is 34.5. The van der Waals surface area contributed by atoms with Gasteiger partial charge in [-0.25, -0.2) is 9.59 Å². The Kier molecular flexibility index (Phi) is 17.7. The number of carbonyl (C=O) groups excluding carboxylic acids is 4. The Morgan fingerprint density at radius 2 is 1.02 bits per heavy atom. The molecule has 0 bridgehead atoms. The normalized spacial score (nSPS) is 10.0. The molecule has 0 amide bonds. The first-order chi connectivity index (χ1) is 21.1. The van der Waals surface area contributed by atoms with Gasteiger partial charge in [0, 0.05) is 11.1 Å². The van der Waals surface area contributed by atoms with E-state index >= 15 is 0 Å². The lowest BCUT2D eigenvalue weighted by atomic mass is 10.1. The van der Waals surface area contributed by atoms with Gasteiger partial charge in [0.1, 0.15) is 35.9 Å². The van der Waals surface area contributed by atoms with E-state index in [2.05, 4.69) is 0 Å². The number of ketones is 2. The van der Waals surface area contributed by atoms with Gasteiger partial charge in [-0.15, -0.1) is 0 Å². The SMILES string of the molecule is C.COc1cc(C#N)ccc1/C=C(/C(C)=O)C(=O)OCCC#N.COc1cc(C#N)ccc1/C=C(\C(C)=O)C(=O)OCCC#N. The Balaban J connectivity index is 0.000000842. The molecule has 2 aromatic rings. The van der Waals surface area contributed by atoms with Crippen LogP contribution in [-0.4, -0.2) is 50.9 Å². The van der Waals surface area contributed by atoms with Crippen molar-refractivity contribution >= 4 is 35.7 Å². The average molecular weight is 613 g/mol. The van der Waals surface area contributed by atoms with Crippen molar-refractivity contribution in [2.24, 2.45) is 0 Å². The number of ether oxygens (including phenoxy) is 4. The summed E-state index contributed by atoms with van der Waals surface area (Å²) in [6, 6.07) is 16.9. The minimum atomic E-state index is -0.797. The Morgan fingerprint density at radius 3 is 1.29 bits per heavy atom. The largest absolute Gasteiger partial charge is 0.496 e. The summed E-state index contributed by atoms with van der Waals surface area (Å²) >= 11 is 0. The first kappa shape index (κ1) is 38.8. The summed E-state index contributed by atoms with van der Waals surface area (Å²) in [6.45, 7) is 2.33. The van der Waals surface area contributed by atoms with Gasteiger partial charge in [-0.05, 0) is 62.4 Å². The first-order valence-corrected chi connectivity index (χ1v) is 12.8. The highest BCUT2D eigenvalue weighted by molar-refractivity contribution is 6.20. The van der Waals surface area contributed by atoms with Crippen LogP contribution in [0.2, 0.25) is 0 Å². The van der Waals surface area contributed by atoms with Crippen LogP contribution in [0.4, 0.5) is 0 Å². The molecule has 0 aliphatic carbocycles. The molecule has 12 heteroatoms. The van der Waals surface area contributed by atoms with Crippen molar-refractivity contribution in [2.45, 2.75) is 34.1 Å². The molecule has 0 radical (unpaired) electrons. The molecule has 0 unspecified atom stereocenters. The highest BCUT2D eigenvalue weighted by Gasteiger charge is 2.18. The molecule has 0 saturated heterocycles. The monoisotopic (exact) mass is 612 g/mol. The average Bonchev–Trinajstić information content (AvgIpc) is 3.02. The number of methoxy groups -OCH3 is 2. The number of carbonyl (C=O) groups is 4. The highest BCUT2D eigenvalue weighted by atomic mass is 16.5. The van der Waals surface area contributed by atoms with Crippen molar-refractivity contribution in [3.05, 3.63) is 69.8 Å². The smallest absolute Gasteiger partial charge is 0.341 e. The van der Waals surface area contributed by atoms with Crippen LogP contribution in [0.3, 0.4) is 0 Å². The summed E-state index contributed by atoms with van der Waals surface area (Å²) in [5.74, 6) is -1.80. The van der Waals surface area contributed by atoms with E-state index in [9.17, 15) is 19.2 Å². The molecule has 45 heavy (non-hydrogen) atoms. The zero-order chi connectivity index (χ0) is 33.1. The molecular weight excluding hydrogens is 580 g/mol. The molecule has 0 fully saturated rings. The summed E-state index contributed by atoms with van der Waals surface area (Å²) in [7, 11) is 2.85. The van der Waals surface area contributed by atoms with Crippen molar-refractivity contribution in [3.8, 4) is 35.8 Å². The molecule has 0 heterocycles. The van der Waals surface area contributed by atoms with E-state index in [1.54, 1.807) is 24.3 Å². The topological polar surface area (TPSA) is 200 Å². The van der Waals surface area contributed by atoms with Crippen LogP contribution in [0, 0.1) is 45.3 Å². The summed E-state index contributed by atoms with van der Waals surface area (Å²) in [4.78, 5) is 47.0. The van der Waals surface area contributed by atoms with Gasteiger partial charge in [0.2, 0.25) is 0 Å². The van der Waals surface area contributed by atoms with E-state index < -0.39 is 23.5 Å². The molecule has 12 nitrogen and oxygen atoms in total. The van der Waals surface area contributed by atoms with Crippen LogP contribution in [0.25, 0.3) is 12.2 Å². The van der Waals surface area contributed by atoms with Crippen LogP contribution < -0.4 is 9.47 Å². The molecule has 0 saturated carbocycles. The maximum absolute atomic E-state index is 11.9. The third kappa shape index (κ3) is 12.7. The zero-order valence-corrected chi connectivity index (χ0v) is 24.5. The molecule has 232 valence electrons. The molecule has 0 atom stereocenters. The second-order valence-corrected chi connectivity index (χ2v) is 8.45. The van der Waals surface area contributed by atoms with E-state index in [0.29, 0.717) is 33.8 Å². The van der Waals surface area contributed by atoms with E-state index in [4.69, 9.17) is 40.0 Å². The van der Waals surface area contributed by atoms with Crippen molar-refractivity contribution in [2.75, 3.05) is 27.4 Å². The third-order valence-electron chi connectivity index (χ3n) is 5.42. The minimum absolute atomic E-state index is 0. The quantitative estimate of drug-likeness (QED) is 0.106. The number of hydrogen-bond acceptors (Lipinski definition) is 12. The molecule has 0 aromatic heterocycles. The lowest BCUT2D eigenvalue weighted by molar-refractivity contribution is -0.141. The molecule has 2 rings (SSSR count). The lowest BCUT2D eigenvalue weighted by Crippen LogP contribution is -2.14. The van der Waals surface area contributed by atoms with Crippen LogP contribution in [0.5, 0.6) is 11.5 Å². The third-order valence-corrected chi connectivity index (χ3v) is 5.42. The first-order valence-electron chi connectivity index (χ1n) is 12.8. The number of nitrogens with zero attached hydrogens (tertiary/aromatic N) is 4. The maximum Gasteiger partial charge on any atom is 0.341 e. The maximum atomic E-state index is 11.9. The van der Waals surface area contributed by atoms with Crippen molar-refractivity contribution in [1.29, 1.82) is 21.0 Å². The Hall–Kier alpha value is -6.24. The van der Waals surface area contributed by atoms with Gasteiger partial charge in [0.15, 0.2) is 11.6 Å². The van der Waals surface area contributed by atoms with Crippen molar-refractivity contribution in [1.82, 2.24) is 0 Å². The minimum Gasteiger partial charge on any atom is -0.496 e. The Labute approximate surface area is 261 Å². The second-order valence-electron chi connectivity index (χ2n) is 8.45. The lowest BCUT2D eigenvalue weighted by Gasteiger charge is -2.08. The fraction of sp³-hybridized carbons (Fsp3) is 0.273. The van der Waals surface area contributed by atoms with Crippen LogP contribution >= 0.6 is 0 Å². The standard InChI is InChI=1S/2C16H14N2O4.CH4/c2*1-11(19)14(16(20)22-7-3-6-17)9-13-5-4-12(10-18)8-15(13)21-2;/h2*4-5,8-9H,3,7H2,1-2H3;1H4/b14-9+;14-9-;. The van der Waals surface area contributed by atoms with Crippen molar-refractivity contribution in [3.63, 3.8) is 0 Å². The predicted molar refractivity (Wildman–Crippen MR) is 162 cm³/mol. The number of Topliss-reactive ketones (excluding diaryl/α,β-unsaturated/α-hetero) is 2. The molecule has 0 aliphatic rings. The Morgan fingerprint density at radius 1 is 0.667 bits per heavy atom. The van der Waals surface area contributed by atoms with Gasteiger partial charge in [-0.3, -0.25) is 9.59 Å². The van der Waals surface area contributed by atoms with Gasteiger partial charge in [0.25, 0.3) is 0 Å². The highest BCUT2D eigenvalue weighted by Crippen LogP contribution is 2.24. The van der Waals surface area contributed by atoms with Gasteiger partial charge >= 0.3 is 11.9 Å². The fourth-order valence-corrected chi connectivity index (χ4v) is 3.25. The predicted octanol–water partition coefficient (Wildman–Crippen LogP) is 4.63. The number of rotatable bonds is 12. The van der Waals surface area contributed by atoms with Gasteiger partial charge in [-0.2, -0.15) is 21.0 Å². The molecule has 0 N–H and O–H groups in total. The van der Waals surface area contributed by atoms with Gasteiger partial charge in [0.05, 0.1) is 62.5 Å². The van der Waals surface area contributed by atoms with Crippen LogP contribution in [-0.2, 0) is 28.7 Å².